The summed E-state index contributed by atoms with van der Waals surface area (Å²) < 4.78 is 65.9. The van der Waals surface area contributed by atoms with E-state index in [0.29, 0.717) is 31.5 Å². The number of piperidine rings is 1. The first-order valence-electron chi connectivity index (χ1n) is 9.85. The van der Waals surface area contributed by atoms with Gasteiger partial charge in [0, 0.05) is 38.1 Å². The lowest BCUT2D eigenvalue weighted by Gasteiger charge is -2.31. The number of nitrogens with one attached hydrogen (secondary N) is 1. The fraction of sp³-hybridized carbons (Fsp3) is 0.632. The highest BCUT2D eigenvalue weighted by atomic mass is 35.5. The van der Waals surface area contributed by atoms with E-state index in [-0.39, 0.29) is 24.9 Å². The second kappa shape index (κ2) is 9.02. The Labute approximate surface area is 179 Å². The minimum absolute atomic E-state index is 0.0758. The maximum absolute atomic E-state index is 13.1. The Hall–Kier alpha value is -1.36. The molecule has 1 aromatic carbocycles. The quantitative estimate of drug-likeness (QED) is 0.669. The zero-order valence-corrected chi connectivity index (χ0v) is 18.2. The molecule has 11 heteroatoms. The van der Waals surface area contributed by atoms with Crippen LogP contribution in [0.2, 0.25) is 5.02 Å². The van der Waals surface area contributed by atoms with Gasteiger partial charge in [0.2, 0.25) is 15.9 Å². The van der Waals surface area contributed by atoms with Gasteiger partial charge in [0.15, 0.2) is 0 Å². The third kappa shape index (κ3) is 5.46. The van der Waals surface area contributed by atoms with Crippen LogP contribution >= 0.6 is 11.6 Å². The molecule has 1 saturated heterocycles. The molecule has 1 aromatic rings. The van der Waals surface area contributed by atoms with Crippen LogP contribution in [-0.4, -0.2) is 62.8 Å². The minimum atomic E-state index is -4.75. The molecule has 0 spiro atoms. The number of hydrogen-bond donors (Lipinski definition) is 1. The molecular formula is C19H25ClF3N3O3S. The van der Waals surface area contributed by atoms with Crippen LogP contribution in [0, 0.1) is 5.92 Å². The fourth-order valence-electron chi connectivity index (χ4n) is 3.59. The van der Waals surface area contributed by atoms with Crippen molar-refractivity contribution in [3.63, 3.8) is 0 Å². The van der Waals surface area contributed by atoms with Crippen molar-refractivity contribution in [2.75, 3.05) is 33.2 Å². The molecule has 0 radical (unpaired) electrons. The third-order valence-electron chi connectivity index (χ3n) is 5.64. The summed E-state index contributed by atoms with van der Waals surface area (Å²) in [6.07, 6.45) is -1.72. The molecule has 1 N–H and O–H groups in total. The molecule has 1 heterocycles. The highest BCUT2D eigenvalue weighted by Gasteiger charge is 2.37. The van der Waals surface area contributed by atoms with E-state index in [1.807, 2.05) is 7.05 Å². The van der Waals surface area contributed by atoms with E-state index in [1.165, 1.54) is 12.8 Å². The normalized spacial score (nSPS) is 19.3. The SMILES string of the molecule is CN(CCNC(=O)C1CCN(S(=O)(=O)c2ccc(Cl)c(C(F)(F)F)c2)CC1)C1CC1. The van der Waals surface area contributed by atoms with Crippen LogP contribution in [0.15, 0.2) is 23.1 Å². The van der Waals surface area contributed by atoms with Gasteiger partial charge < -0.3 is 10.2 Å². The topological polar surface area (TPSA) is 69.7 Å². The molecule has 0 aromatic heterocycles. The highest BCUT2D eigenvalue weighted by molar-refractivity contribution is 7.89. The summed E-state index contributed by atoms with van der Waals surface area (Å²) in [6.45, 7) is 1.45. The molecule has 2 aliphatic rings. The zero-order chi connectivity index (χ0) is 22.1. The number of nitrogens with zero attached hydrogens (tertiary/aromatic N) is 2. The number of carbonyl (C=O) groups excluding carboxylic acids is 1. The van der Waals surface area contributed by atoms with Gasteiger partial charge in [-0.25, -0.2) is 8.42 Å². The average Bonchev–Trinajstić information content (AvgIpc) is 3.52. The van der Waals surface area contributed by atoms with Crippen molar-refractivity contribution in [3.05, 3.63) is 28.8 Å². The molecule has 6 nitrogen and oxygen atoms in total. The zero-order valence-electron chi connectivity index (χ0n) is 16.6. The molecule has 30 heavy (non-hydrogen) atoms. The van der Waals surface area contributed by atoms with Crippen LogP contribution in [0.4, 0.5) is 13.2 Å². The van der Waals surface area contributed by atoms with E-state index in [9.17, 15) is 26.4 Å². The van der Waals surface area contributed by atoms with Gasteiger partial charge in [-0.05, 0) is 50.9 Å². The Morgan fingerprint density at radius 2 is 1.87 bits per heavy atom. The Morgan fingerprint density at radius 3 is 2.43 bits per heavy atom. The van der Waals surface area contributed by atoms with Gasteiger partial charge in [0.1, 0.15) is 0 Å². The molecule has 0 atom stereocenters. The van der Waals surface area contributed by atoms with E-state index in [4.69, 9.17) is 11.6 Å². The largest absolute Gasteiger partial charge is 0.417 e. The Kier molecular flexibility index (Phi) is 7.01. The molecule has 1 aliphatic heterocycles. The summed E-state index contributed by atoms with van der Waals surface area (Å²) in [4.78, 5) is 14.1. The maximum atomic E-state index is 13.1. The van der Waals surface area contributed by atoms with Gasteiger partial charge in [0.05, 0.1) is 15.5 Å². The van der Waals surface area contributed by atoms with Crippen LogP contribution in [0.1, 0.15) is 31.2 Å². The Balaban J connectivity index is 1.56. The standard InChI is InChI=1S/C19H25ClF3N3O3S/c1-25(14-2-3-14)11-8-24-18(27)13-6-9-26(10-7-13)30(28,29)15-4-5-17(20)16(12-15)19(21,22)23/h4-5,12-14H,2-3,6-11H2,1H3,(H,24,27). The molecule has 168 valence electrons. The number of benzene rings is 1. The lowest BCUT2D eigenvalue weighted by atomic mass is 9.97. The molecule has 3 rings (SSSR count). The van der Waals surface area contributed by atoms with E-state index in [1.54, 1.807) is 0 Å². The van der Waals surface area contributed by atoms with Gasteiger partial charge in [-0.2, -0.15) is 17.5 Å². The van der Waals surface area contributed by atoms with Crippen molar-refractivity contribution in [2.24, 2.45) is 5.92 Å². The molecule has 2 fully saturated rings. The molecular weight excluding hydrogens is 443 g/mol. The third-order valence-corrected chi connectivity index (χ3v) is 7.86. The summed E-state index contributed by atoms with van der Waals surface area (Å²) in [6, 6.07) is 3.19. The molecule has 1 amide bonds. The summed E-state index contributed by atoms with van der Waals surface area (Å²) in [5.41, 5.74) is -1.18. The minimum Gasteiger partial charge on any atom is -0.355 e. The van der Waals surface area contributed by atoms with E-state index in [0.717, 1.165) is 23.0 Å². The van der Waals surface area contributed by atoms with Gasteiger partial charge in [-0.3, -0.25) is 4.79 Å². The van der Waals surface area contributed by atoms with Crippen LogP contribution in [0.25, 0.3) is 0 Å². The van der Waals surface area contributed by atoms with E-state index in [2.05, 4.69) is 10.2 Å². The lowest BCUT2D eigenvalue weighted by molar-refractivity contribution is -0.137. The first-order chi connectivity index (χ1) is 14.0. The summed E-state index contributed by atoms with van der Waals surface area (Å²) >= 11 is 5.58. The molecule has 1 saturated carbocycles. The van der Waals surface area contributed by atoms with E-state index < -0.39 is 31.7 Å². The number of sulfonamides is 1. The number of rotatable bonds is 7. The van der Waals surface area contributed by atoms with E-state index >= 15 is 0 Å². The van der Waals surface area contributed by atoms with Crippen molar-refractivity contribution in [1.82, 2.24) is 14.5 Å². The summed E-state index contributed by atoms with van der Waals surface area (Å²) in [7, 11) is -2.08. The van der Waals surface area contributed by atoms with Crippen LogP contribution in [0.5, 0.6) is 0 Å². The first kappa shape index (κ1) is 23.3. The maximum Gasteiger partial charge on any atom is 0.417 e. The van der Waals surface area contributed by atoms with Crippen LogP contribution in [-0.2, 0) is 21.0 Å². The predicted molar refractivity (Wildman–Crippen MR) is 107 cm³/mol. The number of likely N-dealkylation sites (N-methyl/N-ethyl adjacent to an activating group) is 1. The number of alkyl halides is 3. The van der Waals surface area contributed by atoms with Crippen molar-refractivity contribution in [1.29, 1.82) is 0 Å². The van der Waals surface area contributed by atoms with Crippen molar-refractivity contribution in [3.8, 4) is 0 Å². The number of carbonyl (C=O) groups is 1. The van der Waals surface area contributed by atoms with Crippen LogP contribution < -0.4 is 5.32 Å². The molecule has 0 unspecified atom stereocenters. The van der Waals surface area contributed by atoms with Crippen LogP contribution in [0.3, 0.4) is 0 Å². The summed E-state index contributed by atoms with van der Waals surface area (Å²) in [5, 5.41) is 2.34. The second-order valence-electron chi connectivity index (χ2n) is 7.82. The summed E-state index contributed by atoms with van der Waals surface area (Å²) in [5.74, 6) is -0.416. The molecule has 1 aliphatic carbocycles. The average molecular weight is 468 g/mol. The Morgan fingerprint density at radius 1 is 1.23 bits per heavy atom. The van der Waals surface area contributed by atoms with Gasteiger partial charge in [-0.15, -0.1) is 0 Å². The predicted octanol–water partition coefficient (Wildman–Crippen LogP) is 2.97. The highest BCUT2D eigenvalue weighted by Crippen LogP contribution is 2.36. The Bertz CT molecular complexity index is 883. The van der Waals surface area contributed by atoms with Crippen molar-refractivity contribution in [2.45, 2.75) is 42.8 Å². The van der Waals surface area contributed by atoms with Gasteiger partial charge >= 0.3 is 6.18 Å². The lowest BCUT2D eigenvalue weighted by Crippen LogP contribution is -2.44. The molecule has 0 bridgehead atoms. The number of hydrogen-bond acceptors (Lipinski definition) is 4. The smallest absolute Gasteiger partial charge is 0.355 e. The second-order valence-corrected chi connectivity index (χ2v) is 10.2. The van der Waals surface area contributed by atoms with Gasteiger partial charge in [0.25, 0.3) is 0 Å². The number of amides is 1. The van der Waals surface area contributed by atoms with Crippen molar-refractivity contribution >= 4 is 27.5 Å². The van der Waals surface area contributed by atoms with Crippen molar-refractivity contribution < 1.29 is 26.4 Å². The monoisotopic (exact) mass is 467 g/mol. The fourth-order valence-corrected chi connectivity index (χ4v) is 5.31. The first-order valence-corrected chi connectivity index (χ1v) is 11.7. The number of halogens is 4. The van der Waals surface area contributed by atoms with Gasteiger partial charge in [-0.1, -0.05) is 11.6 Å².